The molecule has 0 saturated carbocycles. The Hall–Kier alpha value is -2.57. The van der Waals surface area contributed by atoms with Crippen LogP contribution in [0.3, 0.4) is 0 Å². The normalized spacial score (nSPS) is 11.4. The molecule has 0 radical (unpaired) electrons. The number of hydrogen-bond donors (Lipinski definition) is 1. The topological polar surface area (TPSA) is 56.2 Å². The molecule has 21 heavy (non-hydrogen) atoms. The fourth-order valence-corrected chi connectivity index (χ4v) is 2.16. The van der Waals surface area contributed by atoms with E-state index >= 15 is 0 Å². The molecule has 0 unspecified atom stereocenters. The molecule has 3 rings (SSSR count). The number of halogens is 3. The monoisotopic (exact) mass is 292 g/mol. The van der Waals surface area contributed by atoms with Crippen LogP contribution in [0.25, 0.3) is 16.8 Å². The Balaban J connectivity index is 2.06. The van der Waals surface area contributed by atoms with Crippen LogP contribution in [0.4, 0.5) is 19.1 Å². The lowest BCUT2D eigenvalue weighted by atomic mass is 10.1. The van der Waals surface area contributed by atoms with E-state index in [1.807, 2.05) is 0 Å². The zero-order valence-electron chi connectivity index (χ0n) is 10.8. The van der Waals surface area contributed by atoms with Crippen molar-refractivity contribution < 1.29 is 13.2 Å². The fourth-order valence-electron chi connectivity index (χ4n) is 2.16. The highest BCUT2D eigenvalue weighted by Gasteiger charge is 2.13. The summed E-state index contributed by atoms with van der Waals surface area (Å²) in [4.78, 5) is 3.74. The van der Waals surface area contributed by atoms with Gasteiger partial charge in [-0.3, -0.25) is 0 Å². The van der Waals surface area contributed by atoms with Crippen molar-refractivity contribution in [3.63, 3.8) is 0 Å². The average Bonchev–Trinajstić information content (AvgIpc) is 2.76. The quantitative estimate of drug-likeness (QED) is 0.807. The molecule has 0 saturated heterocycles. The van der Waals surface area contributed by atoms with Crippen LogP contribution in [0, 0.1) is 5.82 Å². The van der Waals surface area contributed by atoms with Gasteiger partial charge in [0.05, 0.1) is 11.9 Å². The zero-order chi connectivity index (χ0) is 15.0. The number of alkyl halides is 2. The molecule has 108 valence electrons. The van der Waals surface area contributed by atoms with Crippen molar-refractivity contribution in [3.8, 4) is 11.3 Å². The molecule has 2 aromatic heterocycles. The van der Waals surface area contributed by atoms with Gasteiger partial charge in [-0.05, 0) is 5.56 Å². The molecule has 0 aliphatic rings. The average molecular weight is 292 g/mol. The zero-order valence-corrected chi connectivity index (χ0v) is 10.8. The molecule has 4 nitrogen and oxygen atoms in total. The smallest absolute Gasteiger partial charge is 0.242 e. The summed E-state index contributed by atoms with van der Waals surface area (Å²) in [5, 5.41) is 3.97. The molecule has 3 aromatic rings. The first kappa shape index (κ1) is 13.4. The van der Waals surface area contributed by atoms with Gasteiger partial charge in [0.2, 0.25) is 12.4 Å². The van der Waals surface area contributed by atoms with E-state index in [-0.39, 0.29) is 17.9 Å². The number of rotatable bonds is 3. The molecule has 0 bridgehead atoms. The van der Waals surface area contributed by atoms with Crippen molar-refractivity contribution in [2.24, 2.45) is 0 Å². The number of anilines is 1. The molecular formula is C14H11F3N4. The first-order valence-electron chi connectivity index (χ1n) is 6.22. The van der Waals surface area contributed by atoms with E-state index in [4.69, 9.17) is 5.73 Å². The Morgan fingerprint density at radius 2 is 1.90 bits per heavy atom. The molecule has 0 aliphatic carbocycles. The van der Waals surface area contributed by atoms with Gasteiger partial charge < -0.3 is 5.73 Å². The second-order valence-corrected chi connectivity index (χ2v) is 4.58. The molecule has 7 heteroatoms. The number of fused-ring (bicyclic) bond motifs is 1. The Kier molecular flexibility index (Phi) is 3.25. The number of aromatic nitrogens is 3. The summed E-state index contributed by atoms with van der Waals surface area (Å²) in [6.07, 6.45) is -1.40. The number of nitrogens with two attached hydrogens (primary N) is 1. The van der Waals surface area contributed by atoms with Crippen LogP contribution in [0.1, 0.15) is 5.56 Å². The highest BCUT2D eigenvalue weighted by Crippen LogP contribution is 2.25. The molecule has 0 amide bonds. The van der Waals surface area contributed by atoms with E-state index < -0.39 is 12.2 Å². The lowest BCUT2D eigenvalue weighted by molar-refractivity contribution is 0.149. The second kappa shape index (κ2) is 5.08. The summed E-state index contributed by atoms with van der Waals surface area (Å²) in [6, 6.07) is 7.78. The van der Waals surface area contributed by atoms with Crippen LogP contribution in [-0.2, 0) is 6.42 Å². The minimum Gasteiger partial charge on any atom is -0.367 e. The van der Waals surface area contributed by atoms with E-state index in [1.165, 1.54) is 16.8 Å². The van der Waals surface area contributed by atoms with Gasteiger partial charge in [0.15, 0.2) is 5.82 Å². The lowest BCUT2D eigenvalue weighted by Crippen LogP contribution is -2.02. The number of nitrogens with zero attached hydrogens (tertiary/aromatic N) is 3. The maximum absolute atomic E-state index is 13.8. The van der Waals surface area contributed by atoms with E-state index in [0.29, 0.717) is 16.8 Å². The van der Waals surface area contributed by atoms with Gasteiger partial charge in [0.25, 0.3) is 0 Å². The summed E-state index contributed by atoms with van der Waals surface area (Å²) in [6.45, 7) is 0. The SMILES string of the molecule is Nc1ncc2c(F)cc(-c3ccc(CC(F)F)cc3)n2n1. The van der Waals surface area contributed by atoms with Gasteiger partial charge in [-0.2, -0.15) is 0 Å². The minimum absolute atomic E-state index is 0.0219. The first-order valence-corrected chi connectivity index (χ1v) is 6.22. The summed E-state index contributed by atoms with van der Waals surface area (Å²) in [5.41, 5.74) is 7.38. The van der Waals surface area contributed by atoms with Crippen LogP contribution in [0.5, 0.6) is 0 Å². The van der Waals surface area contributed by atoms with Crippen LogP contribution >= 0.6 is 0 Å². The van der Waals surface area contributed by atoms with Crippen LogP contribution in [-0.4, -0.2) is 21.0 Å². The van der Waals surface area contributed by atoms with E-state index in [1.54, 1.807) is 24.3 Å². The summed E-state index contributed by atoms with van der Waals surface area (Å²) < 4.78 is 39.8. The van der Waals surface area contributed by atoms with Crippen molar-refractivity contribution in [1.29, 1.82) is 0 Å². The van der Waals surface area contributed by atoms with Crippen molar-refractivity contribution in [2.45, 2.75) is 12.8 Å². The van der Waals surface area contributed by atoms with Gasteiger partial charge in [-0.1, -0.05) is 24.3 Å². The second-order valence-electron chi connectivity index (χ2n) is 4.58. The maximum atomic E-state index is 13.8. The van der Waals surface area contributed by atoms with Crippen molar-refractivity contribution in [2.75, 3.05) is 5.73 Å². The van der Waals surface area contributed by atoms with Crippen molar-refractivity contribution >= 4 is 11.5 Å². The predicted octanol–water partition coefficient (Wildman–Crippen LogP) is 2.93. The fraction of sp³-hybridized carbons (Fsp3) is 0.143. The Bertz CT molecular complexity index is 781. The lowest BCUT2D eigenvalue weighted by Gasteiger charge is -2.04. The molecule has 0 atom stereocenters. The highest BCUT2D eigenvalue weighted by atomic mass is 19.3. The summed E-state index contributed by atoms with van der Waals surface area (Å²) in [5.74, 6) is -0.449. The summed E-state index contributed by atoms with van der Waals surface area (Å²) >= 11 is 0. The number of benzene rings is 1. The van der Waals surface area contributed by atoms with E-state index in [0.717, 1.165) is 0 Å². The van der Waals surface area contributed by atoms with Gasteiger partial charge in [-0.15, -0.1) is 5.10 Å². The number of nitrogen functional groups attached to an aromatic ring is 1. The molecule has 0 aliphatic heterocycles. The first-order chi connectivity index (χ1) is 10.0. The molecule has 2 heterocycles. The third kappa shape index (κ3) is 2.54. The minimum atomic E-state index is -2.39. The maximum Gasteiger partial charge on any atom is 0.242 e. The van der Waals surface area contributed by atoms with Crippen molar-refractivity contribution in [1.82, 2.24) is 14.6 Å². The Labute approximate surface area is 118 Å². The molecular weight excluding hydrogens is 281 g/mol. The van der Waals surface area contributed by atoms with Crippen LogP contribution < -0.4 is 5.73 Å². The van der Waals surface area contributed by atoms with Gasteiger partial charge >= 0.3 is 0 Å². The van der Waals surface area contributed by atoms with Crippen LogP contribution in [0.15, 0.2) is 36.5 Å². The van der Waals surface area contributed by atoms with E-state index in [2.05, 4.69) is 10.1 Å². The van der Waals surface area contributed by atoms with E-state index in [9.17, 15) is 13.2 Å². The highest BCUT2D eigenvalue weighted by molar-refractivity contribution is 5.67. The predicted molar refractivity (Wildman–Crippen MR) is 72.5 cm³/mol. The van der Waals surface area contributed by atoms with Gasteiger partial charge in [-0.25, -0.2) is 22.7 Å². The standard InChI is InChI=1S/C14H11F3N4/c15-10-6-11(21-12(10)7-19-14(18)20-21)9-3-1-8(2-4-9)5-13(16)17/h1-4,6-7,13H,5H2,(H2,18,20). The third-order valence-corrected chi connectivity index (χ3v) is 3.13. The largest absolute Gasteiger partial charge is 0.367 e. The van der Waals surface area contributed by atoms with Crippen molar-refractivity contribution in [3.05, 3.63) is 47.9 Å². The number of hydrogen-bond acceptors (Lipinski definition) is 3. The molecule has 1 aromatic carbocycles. The molecule has 0 spiro atoms. The van der Waals surface area contributed by atoms with Gasteiger partial charge in [0.1, 0.15) is 5.52 Å². The van der Waals surface area contributed by atoms with Crippen LogP contribution in [0.2, 0.25) is 0 Å². The third-order valence-electron chi connectivity index (χ3n) is 3.13. The molecule has 0 fully saturated rings. The van der Waals surface area contributed by atoms with Gasteiger partial charge in [0, 0.05) is 18.1 Å². The summed E-state index contributed by atoms with van der Waals surface area (Å²) in [7, 11) is 0. The Morgan fingerprint density at radius 3 is 2.57 bits per heavy atom. The molecule has 2 N–H and O–H groups in total. The Morgan fingerprint density at radius 1 is 1.19 bits per heavy atom.